The fourth-order valence-electron chi connectivity index (χ4n) is 2.13. The summed E-state index contributed by atoms with van der Waals surface area (Å²) in [6, 6.07) is 7.92. The number of hydrogen-bond acceptors (Lipinski definition) is 3. The van der Waals surface area contributed by atoms with Crippen LogP contribution in [0.25, 0.3) is 0 Å². The molecule has 2 amide bonds. The molecular weight excluding hydrogens is 283 g/mol. The molecule has 0 bridgehead atoms. The van der Waals surface area contributed by atoms with Crippen molar-refractivity contribution in [3.05, 3.63) is 58.4 Å². The predicted molar refractivity (Wildman–Crippen MR) is 73.4 cm³/mol. The van der Waals surface area contributed by atoms with E-state index < -0.39 is 17.6 Å². The molecule has 2 aromatic carbocycles. The highest BCUT2D eigenvalue weighted by Gasteiger charge is 2.37. The number of benzene rings is 2. The number of halogens is 2. The minimum Gasteiger partial charge on any atom is -0.399 e. The number of carbonyl (C=O) groups is 2. The van der Waals surface area contributed by atoms with E-state index in [1.165, 1.54) is 24.3 Å². The van der Waals surface area contributed by atoms with Gasteiger partial charge in [-0.15, -0.1) is 0 Å². The number of imide groups is 1. The first-order chi connectivity index (χ1) is 9.49. The maximum Gasteiger partial charge on any atom is 0.266 e. The third kappa shape index (κ3) is 1.75. The van der Waals surface area contributed by atoms with Gasteiger partial charge in [0.15, 0.2) is 0 Å². The summed E-state index contributed by atoms with van der Waals surface area (Å²) < 4.78 is 13.3. The second-order valence-electron chi connectivity index (χ2n) is 4.35. The molecule has 0 aromatic heterocycles. The van der Waals surface area contributed by atoms with Crippen LogP contribution in [0.3, 0.4) is 0 Å². The Morgan fingerprint density at radius 1 is 1.00 bits per heavy atom. The molecule has 6 heteroatoms. The van der Waals surface area contributed by atoms with Crippen molar-refractivity contribution < 1.29 is 14.0 Å². The van der Waals surface area contributed by atoms with E-state index in [0.717, 1.165) is 17.0 Å². The average Bonchev–Trinajstić information content (AvgIpc) is 2.65. The fraction of sp³-hybridized carbons (Fsp3) is 0. The van der Waals surface area contributed by atoms with Gasteiger partial charge in [-0.05, 0) is 36.4 Å². The normalized spacial score (nSPS) is 13.8. The Kier molecular flexibility index (Phi) is 2.72. The molecule has 0 unspecified atom stereocenters. The van der Waals surface area contributed by atoms with E-state index in [4.69, 9.17) is 17.3 Å². The van der Waals surface area contributed by atoms with Crippen LogP contribution in [0.1, 0.15) is 20.7 Å². The largest absolute Gasteiger partial charge is 0.399 e. The predicted octanol–water partition coefficient (Wildman–Crippen LogP) is 2.86. The second kappa shape index (κ2) is 4.31. The molecule has 0 radical (unpaired) electrons. The van der Waals surface area contributed by atoms with Crippen LogP contribution in [0.4, 0.5) is 15.8 Å². The molecule has 0 saturated heterocycles. The van der Waals surface area contributed by atoms with E-state index in [2.05, 4.69) is 0 Å². The van der Waals surface area contributed by atoms with Gasteiger partial charge in [-0.2, -0.15) is 0 Å². The Balaban J connectivity index is 2.16. The Hall–Kier alpha value is -2.40. The van der Waals surface area contributed by atoms with Gasteiger partial charge in [0.25, 0.3) is 11.8 Å². The van der Waals surface area contributed by atoms with Gasteiger partial charge >= 0.3 is 0 Å². The molecule has 1 aliphatic rings. The first-order valence-corrected chi connectivity index (χ1v) is 6.10. The lowest BCUT2D eigenvalue weighted by atomic mass is 10.1. The van der Waals surface area contributed by atoms with Crippen LogP contribution in [-0.4, -0.2) is 11.8 Å². The van der Waals surface area contributed by atoms with Gasteiger partial charge in [-0.3, -0.25) is 9.59 Å². The monoisotopic (exact) mass is 290 g/mol. The van der Waals surface area contributed by atoms with Crippen LogP contribution in [0.15, 0.2) is 36.4 Å². The van der Waals surface area contributed by atoms with Crippen molar-refractivity contribution in [1.29, 1.82) is 0 Å². The molecule has 0 saturated carbocycles. The second-order valence-corrected chi connectivity index (χ2v) is 4.75. The maximum atomic E-state index is 13.3. The van der Waals surface area contributed by atoms with Crippen molar-refractivity contribution in [1.82, 2.24) is 0 Å². The lowest BCUT2D eigenvalue weighted by Crippen LogP contribution is -2.29. The first-order valence-electron chi connectivity index (χ1n) is 5.72. The molecule has 4 nitrogen and oxygen atoms in total. The molecule has 0 fully saturated rings. The van der Waals surface area contributed by atoms with E-state index in [1.807, 2.05) is 0 Å². The molecule has 2 aromatic rings. The molecule has 0 atom stereocenters. The summed E-state index contributed by atoms with van der Waals surface area (Å²) in [5, 5.41) is 0.119. The number of nitrogens with two attached hydrogens (primary N) is 1. The molecule has 100 valence electrons. The van der Waals surface area contributed by atoms with E-state index in [9.17, 15) is 14.0 Å². The highest BCUT2D eigenvalue weighted by atomic mass is 35.5. The Bertz CT molecular complexity index is 761. The van der Waals surface area contributed by atoms with Crippen molar-refractivity contribution in [2.75, 3.05) is 10.6 Å². The fourth-order valence-corrected chi connectivity index (χ4v) is 2.34. The number of fused-ring (bicyclic) bond motifs is 1. The minimum absolute atomic E-state index is 0.0245. The zero-order chi connectivity index (χ0) is 14.4. The maximum absolute atomic E-state index is 13.3. The van der Waals surface area contributed by atoms with Crippen molar-refractivity contribution in [2.24, 2.45) is 0 Å². The van der Waals surface area contributed by atoms with E-state index in [-0.39, 0.29) is 21.8 Å². The number of nitrogen functional groups attached to an aromatic ring is 1. The Labute approximate surface area is 118 Å². The smallest absolute Gasteiger partial charge is 0.266 e. The van der Waals surface area contributed by atoms with Crippen LogP contribution >= 0.6 is 11.6 Å². The minimum atomic E-state index is -0.583. The van der Waals surface area contributed by atoms with Crippen LogP contribution < -0.4 is 10.6 Å². The molecular formula is C14H8ClFN2O2. The van der Waals surface area contributed by atoms with E-state index in [1.54, 1.807) is 0 Å². The lowest BCUT2D eigenvalue weighted by molar-refractivity contribution is 0.0926. The molecule has 0 spiro atoms. The SMILES string of the molecule is Nc1ccc2c(c1)C(=O)N(c1cc(F)ccc1Cl)C2=O. The molecule has 0 aliphatic carbocycles. The number of hydrogen-bond donors (Lipinski definition) is 1. The number of rotatable bonds is 1. The molecule has 2 N–H and O–H groups in total. The van der Waals surface area contributed by atoms with Crippen LogP contribution in [0.2, 0.25) is 5.02 Å². The topological polar surface area (TPSA) is 63.4 Å². The third-order valence-electron chi connectivity index (χ3n) is 3.06. The molecule has 1 heterocycles. The number of anilines is 2. The summed E-state index contributed by atoms with van der Waals surface area (Å²) in [5.74, 6) is -1.69. The number of amides is 2. The van der Waals surface area contributed by atoms with Gasteiger partial charge in [0.1, 0.15) is 5.82 Å². The van der Waals surface area contributed by atoms with E-state index >= 15 is 0 Å². The lowest BCUT2D eigenvalue weighted by Gasteiger charge is -2.15. The molecule has 1 aliphatic heterocycles. The van der Waals surface area contributed by atoms with Gasteiger partial charge < -0.3 is 5.73 Å². The zero-order valence-corrected chi connectivity index (χ0v) is 10.8. The standard InChI is InChI=1S/C14H8ClFN2O2/c15-11-4-1-7(16)5-12(11)18-13(19)9-3-2-8(17)6-10(9)14(18)20/h1-6H,17H2. The van der Waals surface area contributed by atoms with Crippen molar-refractivity contribution in [3.63, 3.8) is 0 Å². The first kappa shape index (κ1) is 12.6. The number of nitrogens with zero attached hydrogens (tertiary/aromatic N) is 1. The molecule has 3 rings (SSSR count). The van der Waals surface area contributed by atoms with Crippen LogP contribution in [0, 0.1) is 5.82 Å². The summed E-state index contributed by atoms with van der Waals surface area (Å²) in [5.41, 5.74) is 6.42. The Morgan fingerprint density at radius 2 is 1.70 bits per heavy atom. The van der Waals surface area contributed by atoms with Crippen molar-refractivity contribution in [3.8, 4) is 0 Å². The quantitative estimate of drug-likeness (QED) is 0.649. The van der Waals surface area contributed by atoms with Gasteiger partial charge in [-0.1, -0.05) is 11.6 Å². The van der Waals surface area contributed by atoms with Crippen LogP contribution in [0.5, 0.6) is 0 Å². The molecule has 20 heavy (non-hydrogen) atoms. The van der Waals surface area contributed by atoms with Crippen LogP contribution in [-0.2, 0) is 0 Å². The highest BCUT2D eigenvalue weighted by Crippen LogP contribution is 2.34. The van der Waals surface area contributed by atoms with Gasteiger partial charge in [0.05, 0.1) is 21.8 Å². The summed E-state index contributed by atoms with van der Waals surface area (Å²) >= 11 is 5.94. The number of carbonyl (C=O) groups excluding carboxylic acids is 2. The van der Waals surface area contributed by atoms with Gasteiger partial charge in [0, 0.05) is 5.69 Å². The summed E-state index contributed by atoms with van der Waals surface area (Å²) in [6.45, 7) is 0. The highest BCUT2D eigenvalue weighted by molar-refractivity contribution is 6.39. The van der Waals surface area contributed by atoms with Gasteiger partial charge in [0.2, 0.25) is 0 Å². The zero-order valence-electron chi connectivity index (χ0n) is 10.1. The summed E-state index contributed by atoms with van der Waals surface area (Å²) in [6.07, 6.45) is 0. The summed E-state index contributed by atoms with van der Waals surface area (Å²) in [7, 11) is 0. The Morgan fingerprint density at radius 3 is 2.45 bits per heavy atom. The van der Waals surface area contributed by atoms with Gasteiger partial charge in [-0.25, -0.2) is 9.29 Å². The average molecular weight is 291 g/mol. The third-order valence-corrected chi connectivity index (χ3v) is 3.38. The summed E-state index contributed by atoms with van der Waals surface area (Å²) in [4.78, 5) is 25.4. The van der Waals surface area contributed by atoms with Crippen molar-refractivity contribution >= 4 is 34.8 Å². The van der Waals surface area contributed by atoms with Crippen molar-refractivity contribution in [2.45, 2.75) is 0 Å². The van der Waals surface area contributed by atoms with E-state index in [0.29, 0.717) is 5.69 Å².